The van der Waals surface area contributed by atoms with Crippen LogP contribution in [0.4, 0.5) is 13.2 Å². The third kappa shape index (κ3) is 3.39. The molecule has 140 valence electrons. The molecule has 3 aromatic carbocycles. The topological polar surface area (TPSA) is 45.8 Å². The zero-order valence-corrected chi connectivity index (χ0v) is 15.0. The zero-order chi connectivity index (χ0) is 19.9. The third-order valence-corrected chi connectivity index (χ3v) is 4.63. The van der Waals surface area contributed by atoms with Crippen LogP contribution in [-0.4, -0.2) is 9.97 Å². The van der Waals surface area contributed by atoms with E-state index in [4.69, 9.17) is 11.6 Å². The molecule has 3 nitrogen and oxygen atoms in total. The Bertz CT molecular complexity index is 1230. The van der Waals surface area contributed by atoms with Gasteiger partial charge >= 0.3 is 6.18 Å². The number of aromatic amines is 1. The fourth-order valence-electron chi connectivity index (χ4n) is 2.99. The van der Waals surface area contributed by atoms with Crippen molar-refractivity contribution in [2.75, 3.05) is 0 Å². The highest BCUT2D eigenvalue weighted by Crippen LogP contribution is 2.35. The third-order valence-electron chi connectivity index (χ3n) is 4.33. The predicted molar refractivity (Wildman–Crippen MR) is 103 cm³/mol. The largest absolute Gasteiger partial charge is 0.416 e. The van der Waals surface area contributed by atoms with Gasteiger partial charge in [-0.1, -0.05) is 48.0 Å². The summed E-state index contributed by atoms with van der Waals surface area (Å²) < 4.78 is 40.4. The molecule has 0 aliphatic rings. The van der Waals surface area contributed by atoms with Crippen LogP contribution >= 0.6 is 11.6 Å². The monoisotopic (exact) mass is 400 g/mol. The summed E-state index contributed by atoms with van der Waals surface area (Å²) in [7, 11) is 0. The molecule has 0 spiro atoms. The van der Waals surface area contributed by atoms with E-state index in [0.717, 1.165) is 12.1 Å². The van der Waals surface area contributed by atoms with Crippen molar-refractivity contribution < 1.29 is 13.2 Å². The first-order valence-corrected chi connectivity index (χ1v) is 8.67. The molecule has 0 radical (unpaired) electrons. The quantitative estimate of drug-likeness (QED) is 0.453. The normalized spacial score (nSPS) is 11.7. The first-order chi connectivity index (χ1) is 13.3. The summed E-state index contributed by atoms with van der Waals surface area (Å²) in [4.78, 5) is 19.3. The minimum atomic E-state index is -4.55. The van der Waals surface area contributed by atoms with E-state index in [9.17, 15) is 18.0 Å². The fraction of sp³-hybridized carbons (Fsp3) is 0.0476. The van der Waals surface area contributed by atoms with Crippen molar-refractivity contribution in [2.45, 2.75) is 6.18 Å². The average molecular weight is 401 g/mol. The van der Waals surface area contributed by atoms with Gasteiger partial charge in [-0.3, -0.25) is 4.79 Å². The second-order valence-electron chi connectivity index (χ2n) is 6.21. The number of nitrogens with one attached hydrogen (secondary N) is 1. The summed E-state index contributed by atoms with van der Waals surface area (Å²) in [5.41, 5.74) is 0.0736. The molecule has 0 saturated heterocycles. The standard InChI is InChI=1S/C21H12ClF3N2O/c22-17-8-4-7-16-18(17)26-19(27-20(16)28)14-9-13(12-5-2-1-3-6-12)10-15(11-14)21(23,24)25/h1-11H,(H,26,27,28). The Morgan fingerprint density at radius 3 is 2.29 bits per heavy atom. The van der Waals surface area contributed by atoms with Crippen molar-refractivity contribution in [3.05, 3.63) is 87.7 Å². The number of rotatable bonds is 2. The lowest BCUT2D eigenvalue weighted by molar-refractivity contribution is -0.137. The maximum Gasteiger partial charge on any atom is 0.416 e. The van der Waals surface area contributed by atoms with E-state index in [1.165, 1.54) is 0 Å². The Morgan fingerprint density at radius 2 is 1.57 bits per heavy atom. The van der Waals surface area contributed by atoms with Crippen LogP contribution in [0.25, 0.3) is 33.4 Å². The zero-order valence-electron chi connectivity index (χ0n) is 14.2. The van der Waals surface area contributed by atoms with Gasteiger partial charge in [0.2, 0.25) is 0 Å². The summed E-state index contributed by atoms with van der Waals surface area (Å²) >= 11 is 6.12. The molecule has 1 aromatic heterocycles. The van der Waals surface area contributed by atoms with Gasteiger partial charge in [-0.2, -0.15) is 13.2 Å². The Hall–Kier alpha value is -3.12. The van der Waals surface area contributed by atoms with E-state index >= 15 is 0 Å². The van der Waals surface area contributed by atoms with Crippen molar-refractivity contribution in [1.82, 2.24) is 9.97 Å². The van der Waals surface area contributed by atoms with E-state index in [-0.39, 0.29) is 27.3 Å². The number of nitrogens with zero attached hydrogens (tertiary/aromatic N) is 1. The second kappa shape index (κ2) is 6.80. The molecule has 0 atom stereocenters. The van der Waals surface area contributed by atoms with Crippen LogP contribution in [0, 0.1) is 0 Å². The fourth-order valence-corrected chi connectivity index (χ4v) is 3.21. The molecule has 1 N–H and O–H groups in total. The summed E-state index contributed by atoms with van der Waals surface area (Å²) in [6.45, 7) is 0. The van der Waals surface area contributed by atoms with E-state index in [2.05, 4.69) is 9.97 Å². The molecule has 28 heavy (non-hydrogen) atoms. The van der Waals surface area contributed by atoms with Crippen LogP contribution in [0.2, 0.25) is 5.02 Å². The van der Waals surface area contributed by atoms with Crippen LogP contribution in [-0.2, 0) is 6.18 Å². The highest BCUT2D eigenvalue weighted by atomic mass is 35.5. The van der Waals surface area contributed by atoms with Gasteiger partial charge in [0.05, 0.1) is 21.5 Å². The summed E-state index contributed by atoms with van der Waals surface area (Å²) in [6.07, 6.45) is -4.55. The molecule has 0 aliphatic heterocycles. The molecule has 4 rings (SSSR count). The maximum atomic E-state index is 13.5. The summed E-state index contributed by atoms with van der Waals surface area (Å²) in [5.74, 6) is 0.0221. The Morgan fingerprint density at radius 1 is 0.857 bits per heavy atom. The van der Waals surface area contributed by atoms with Crippen LogP contribution in [0.1, 0.15) is 5.56 Å². The van der Waals surface area contributed by atoms with Gasteiger partial charge in [-0.15, -0.1) is 0 Å². The molecule has 0 bridgehead atoms. The van der Waals surface area contributed by atoms with Gasteiger partial charge in [0.1, 0.15) is 5.82 Å². The van der Waals surface area contributed by atoms with Crippen molar-refractivity contribution in [2.24, 2.45) is 0 Å². The van der Waals surface area contributed by atoms with Crippen LogP contribution in [0.15, 0.2) is 71.5 Å². The van der Waals surface area contributed by atoms with Gasteiger partial charge < -0.3 is 4.98 Å². The lowest BCUT2D eigenvalue weighted by Gasteiger charge is -2.13. The van der Waals surface area contributed by atoms with Crippen LogP contribution < -0.4 is 5.56 Å². The Labute approximate surface area is 162 Å². The minimum absolute atomic E-state index is 0.0221. The number of para-hydroxylation sites is 1. The number of aromatic nitrogens is 2. The van der Waals surface area contributed by atoms with E-state index < -0.39 is 17.3 Å². The van der Waals surface area contributed by atoms with Gasteiger partial charge in [0.25, 0.3) is 5.56 Å². The second-order valence-corrected chi connectivity index (χ2v) is 6.62. The predicted octanol–water partition coefficient (Wildman–Crippen LogP) is 5.93. The number of hydrogen-bond donors (Lipinski definition) is 1. The SMILES string of the molecule is O=c1[nH]c(-c2cc(-c3ccccc3)cc(C(F)(F)F)c2)nc2c(Cl)cccc12. The molecule has 4 aromatic rings. The number of H-pyrrole nitrogens is 1. The van der Waals surface area contributed by atoms with Gasteiger partial charge in [-0.25, -0.2) is 4.98 Å². The van der Waals surface area contributed by atoms with E-state index in [1.54, 1.807) is 54.6 Å². The van der Waals surface area contributed by atoms with Gasteiger partial charge in [0.15, 0.2) is 0 Å². The molecule has 0 saturated carbocycles. The minimum Gasteiger partial charge on any atom is -0.306 e. The molecule has 0 aliphatic carbocycles. The summed E-state index contributed by atoms with van der Waals surface area (Å²) in [5, 5.41) is 0.520. The maximum absolute atomic E-state index is 13.5. The van der Waals surface area contributed by atoms with Crippen LogP contribution in [0.5, 0.6) is 0 Å². The molecule has 0 fully saturated rings. The number of hydrogen-bond acceptors (Lipinski definition) is 2. The van der Waals surface area contributed by atoms with Gasteiger partial charge in [0, 0.05) is 5.56 Å². The molecular weight excluding hydrogens is 389 g/mol. The molecule has 1 heterocycles. The number of benzene rings is 3. The number of halogens is 4. The Kier molecular flexibility index (Phi) is 4.43. The van der Waals surface area contributed by atoms with E-state index in [0.29, 0.717) is 11.1 Å². The smallest absolute Gasteiger partial charge is 0.306 e. The lowest BCUT2D eigenvalue weighted by Crippen LogP contribution is -2.11. The highest BCUT2D eigenvalue weighted by molar-refractivity contribution is 6.35. The first kappa shape index (κ1) is 18.3. The number of alkyl halides is 3. The van der Waals surface area contributed by atoms with Crippen LogP contribution in [0.3, 0.4) is 0 Å². The highest BCUT2D eigenvalue weighted by Gasteiger charge is 2.31. The Balaban J connectivity index is 1.98. The molecule has 0 amide bonds. The van der Waals surface area contributed by atoms with Crippen molar-refractivity contribution in [3.63, 3.8) is 0 Å². The van der Waals surface area contributed by atoms with Crippen molar-refractivity contribution in [3.8, 4) is 22.5 Å². The average Bonchev–Trinajstić information content (AvgIpc) is 2.68. The first-order valence-electron chi connectivity index (χ1n) is 8.29. The van der Waals surface area contributed by atoms with E-state index in [1.807, 2.05) is 0 Å². The molecular formula is C21H12ClF3N2O. The van der Waals surface area contributed by atoms with Gasteiger partial charge in [-0.05, 0) is 41.5 Å². The van der Waals surface area contributed by atoms with Crippen molar-refractivity contribution in [1.29, 1.82) is 0 Å². The molecule has 7 heteroatoms. The van der Waals surface area contributed by atoms with Crippen molar-refractivity contribution >= 4 is 22.5 Å². The molecule has 0 unspecified atom stereocenters. The summed E-state index contributed by atoms with van der Waals surface area (Å²) in [6, 6.07) is 17.0. The lowest BCUT2D eigenvalue weighted by atomic mass is 9.99. The number of fused-ring (bicyclic) bond motifs is 1.